The normalized spacial score (nSPS) is 19.7. The first kappa shape index (κ1) is 14.0. The van der Waals surface area contributed by atoms with E-state index in [4.69, 9.17) is 5.11 Å². The van der Waals surface area contributed by atoms with E-state index < -0.39 is 10.0 Å². The molecular weight excluding hydrogens is 278 g/mol. The lowest BCUT2D eigenvalue weighted by atomic mass is 10.4. The summed E-state index contributed by atoms with van der Waals surface area (Å²) in [6, 6.07) is 0. The van der Waals surface area contributed by atoms with Gasteiger partial charge in [-0.1, -0.05) is 0 Å². The van der Waals surface area contributed by atoms with Crippen LogP contribution in [-0.4, -0.2) is 47.3 Å². The number of hydrogen-bond acceptors (Lipinski definition) is 4. The molecule has 0 atom stereocenters. The fourth-order valence-electron chi connectivity index (χ4n) is 2.30. The summed E-state index contributed by atoms with van der Waals surface area (Å²) in [5.41, 5.74) is 0. The van der Waals surface area contributed by atoms with Gasteiger partial charge in [0.2, 0.25) is 10.0 Å². The number of aliphatic hydroxyl groups excluding tert-OH is 1. The topological polar surface area (TPSA) is 75.4 Å². The van der Waals surface area contributed by atoms with Gasteiger partial charge in [-0.05, 0) is 37.5 Å². The zero-order valence-electron chi connectivity index (χ0n) is 11.5. The molecule has 1 heterocycles. The lowest BCUT2D eigenvalue weighted by molar-refractivity contribution is 0.269. The summed E-state index contributed by atoms with van der Waals surface area (Å²) in [5.74, 6) is 1.08. The second kappa shape index (κ2) is 5.46. The van der Waals surface area contributed by atoms with Crippen molar-refractivity contribution in [2.75, 3.05) is 19.7 Å². The Morgan fingerprint density at radius 3 is 2.35 bits per heavy atom. The maximum atomic E-state index is 12.7. The molecule has 0 aromatic carbocycles. The molecule has 0 bridgehead atoms. The van der Waals surface area contributed by atoms with Gasteiger partial charge in [0.15, 0.2) is 0 Å². The van der Waals surface area contributed by atoms with Crippen molar-refractivity contribution in [1.29, 1.82) is 0 Å². The van der Waals surface area contributed by atoms with Crippen LogP contribution in [0.2, 0.25) is 0 Å². The molecule has 1 N–H and O–H groups in total. The summed E-state index contributed by atoms with van der Waals surface area (Å²) in [4.78, 5) is 0.243. The molecule has 2 aliphatic carbocycles. The van der Waals surface area contributed by atoms with Crippen molar-refractivity contribution in [3.63, 3.8) is 0 Å². The first-order chi connectivity index (χ1) is 9.59. The number of nitrogens with zero attached hydrogens (tertiary/aromatic N) is 3. The van der Waals surface area contributed by atoms with Gasteiger partial charge < -0.3 is 5.11 Å². The van der Waals surface area contributed by atoms with Gasteiger partial charge in [0.1, 0.15) is 4.90 Å². The predicted octanol–water partition coefficient (Wildman–Crippen LogP) is 0.686. The Balaban J connectivity index is 1.77. The molecule has 20 heavy (non-hydrogen) atoms. The molecule has 7 heteroatoms. The second-order valence-electron chi connectivity index (χ2n) is 5.87. The Morgan fingerprint density at radius 1 is 1.25 bits per heavy atom. The fourth-order valence-corrected chi connectivity index (χ4v) is 3.85. The van der Waals surface area contributed by atoms with Crippen molar-refractivity contribution in [3.05, 3.63) is 12.4 Å². The van der Waals surface area contributed by atoms with E-state index in [2.05, 4.69) is 5.10 Å². The van der Waals surface area contributed by atoms with E-state index in [9.17, 15) is 8.42 Å². The number of aromatic nitrogens is 2. The van der Waals surface area contributed by atoms with E-state index in [0.717, 1.165) is 25.7 Å². The van der Waals surface area contributed by atoms with Gasteiger partial charge in [-0.15, -0.1) is 0 Å². The van der Waals surface area contributed by atoms with Gasteiger partial charge in [-0.3, -0.25) is 4.68 Å². The van der Waals surface area contributed by atoms with E-state index in [0.29, 0.717) is 31.5 Å². The van der Waals surface area contributed by atoms with Crippen molar-refractivity contribution in [2.45, 2.75) is 37.1 Å². The van der Waals surface area contributed by atoms with Crippen LogP contribution in [0.25, 0.3) is 0 Å². The first-order valence-corrected chi connectivity index (χ1v) is 8.67. The van der Waals surface area contributed by atoms with Gasteiger partial charge in [0, 0.05) is 19.3 Å². The molecular formula is C13H21N3O3S. The summed E-state index contributed by atoms with van der Waals surface area (Å²) in [7, 11) is -3.44. The van der Waals surface area contributed by atoms with Crippen LogP contribution >= 0.6 is 0 Å². The highest BCUT2D eigenvalue weighted by Gasteiger charge is 2.36. The summed E-state index contributed by atoms with van der Waals surface area (Å²) >= 11 is 0. The lowest BCUT2D eigenvalue weighted by Crippen LogP contribution is -2.34. The minimum Gasteiger partial charge on any atom is -0.394 e. The number of sulfonamides is 1. The molecule has 6 nitrogen and oxygen atoms in total. The Labute approximate surface area is 119 Å². The molecule has 0 radical (unpaired) electrons. The highest BCUT2D eigenvalue weighted by atomic mass is 32.2. The van der Waals surface area contributed by atoms with E-state index >= 15 is 0 Å². The first-order valence-electron chi connectivity index (χ1n) is 7.23. The molecule has 2 aliphatic rings. The van der Waals surface area contributed by atoms with Gasteiger partial charge in [0.25, 0.3) is 0 Å². The second-order valence-corrected chi connectivity index (χ2v) is 7.81. The maximum absolute atomic E-state index is 12.7. The Hall–Kier alpha value is -0.920. The van der Waals surface area contributed by atoms with Gasteiger partial charge in [-0.25, -0.2) is 8.42 Å². The van der Waals surface area contributed by atoms with Crippen molar-refractivity contribution in [1.82, 2.24) is 14.1 Å². The highest BCUT2D eigenvalue weighted by Crippen LogP contribution is 2.35. The van der Waals surface area contributed by atoms with Crippen LogP contribution in [0, 0.1) is 11.8 Å². The maximum Gasteiger partial charge on any atom is 0.246 e. The number of rotatable bonds is 8. The molecule has 0 saturated heterocycles. The molecule has 0 spiro atoms. The average molecular weight is 299 g/mol. The zero-order valence-corrected chi connectivity index (χ0v) is 12.3. The van der Waals surface area contributed by atoms with Crippen LogP contribution in [0.3, 0.4) is 0 Å². The molecule has 3 rings (SSSR count). The van der Waals surface area contributed by atoms with Crippen LogP contribution in [0.15, 0.2) is 17.3 Å². The predicted molar refractivity (Wildman–Crippen MR) is 73.5 cm³/mol. The van der Waals surface area contributed by atoms with E-state index in [1.54, 1.807) is 4.31 Å². The molecule has 1 aromatic heterocycles. The Kier molecular flexibility index (Phi) is 3.83. The van der Waals surface area contributed by atoms with Gasteiger partial charge >= 0.3 is 0 Å². The number of hydrogen-bond donors (Lipinski definition) is 1. The lowest BCUT2D eigenvalue weighted by Gasteiger charge is -2.21. The third kappa shape index (κ3) is 3.21. The smallest absolute Gasteiger partial charge is 0.246 e. The third-order valence-corrected chi connectivity index (χ3v) is 5.68. The molecule has 112 valence electrons. The molecule has 0 unspecified atom stereocenters. The van der Waals surface area contributed by atoms with Crippen LogP contribution in [0.1, 0.15) is 25.7 Å². The molecule has 2 fully saturated rings. The summed E-state index contributed by atoms with van der Waals surface area (Å²) in [5, 5.41) is 12.9. The minimum atomic E-state index is -3.44. The van der Waals surface area contributed by atoms with Gasteiger partial charge in [-0.2, -0.15) is 9.40 Å². The molecule has 0 aliphatic heterocycles. The fraction of sp³-hybridized carbons (Fsp3) is 0.769. The van der Waals surface area contributed by atoms with Crippen molar-refractivity contribution in [2.24, 2.45) is 11.8 Å². The van der Waals surface area contributed by atoms with E-state index in [1.807, 2.05) is 0 Å². The third-order valence-electron chi connectivity index (χ3n) is 3.89. The Morgan fingerprint density at radius 2 is 1.85 bits per heavy atom. The van der Waals surface area contributed by atoms with Crippen LogP contribution in [0.5, 0.6) is 0 Å². The van der Waals surface area contributed by atoms with Crippen LogP contribution in [0.4, 0.5) is 0 Å². The summed E-state index contributed by atoms with van der Waals surface area (Å²) < 4.78 is 28.5. The van der Waals surface area contributed by atoms with E-state index in [1.165, 1.54) is 17.1 Å². The number of aliphatic hydroxyl groups is 1. The van der Waals surface area contributed by atoms with Crippen molar-refractivity contribution < 1.29 is 13.5 Å². The summed E-state index contributed by atoms with van der Waals surface area (Å²) in [6.07, 6.45) is 7.46. The highest BCUT2D eigenvalue weighted by molar-refractivity contribution is 7.89. The minimum absolute atomic E-state index is 0.0466. The van der Waals surface area contributed by atoms with Crippen molar-refractivity contribution in [3.8, 4) is 0 Å². The Bertz CT molecular complexity index is 547. The SMILES string of the molecule is O=S(=O)(c1cnn(CCO)c1)N(CC1CC1)CC1CC1. The molecule has 0 amide bonds. The summed E-state index contributed by atoms with van der Waals surface area (Å²) in [6.45, 7) is 1.56. The molecule has 2 saturated carbocycles. The monoisotopic (exact) mass is 299 g/mol. The van der Waals surface area contributed by atoms with E-state index in [-0.39, 0.29) is 11.5 Å². The van der Waals surface area contributed by atoms with Crippen LogP contribution in [-0.2, 0) is 16.6 Å². The average Bonchev–Trinajstić information content (AvgIpc) is 3.32. The van der Waals surface area contributed by atoms with Gasteiger partial charge in [0.05, 0.1) is 19.3 Å². The van der Waals surface area contributed by atoms with Crippen molar-refractivity contribution >= 4 is 10.0 Å². The molecule has 1 aromatic rings. The van der Waals surface area contributed by atoms with Crippen LogP contribution < -0.4 is 0 Å². The standard InChI is InChI=1S/C13H21N3O3S/c17-6-5-15-10-13(7-14-15)20(18,19)16(8-11-1-2-11)9-12-3-4-12/h7,10-12,17H,1-6,8-9H2. The quantitative estimate of drug-likeness (QED) is 0.766. The largest absolute Gasteiger partial charge is 0.394 e. The zero-order chi connectivity index (χ0) is 14.2.